The van der Waals surface area contributed by atoms with E-state index in [1.54, 1.807) is 0 Å². The van der Waals surface area contributed by atoms with Crippen molar-refractivity contribution in [2.75, 3.05) is 13.1 Å². The van der Waals surface area contributed by atoms with E-state index in [1.165, 1.54) is 30.4 Å². The Kier molecular flexibility index (Phi) is 5.40. The molecule has 0 radical (unpaired) electrons. The van der Waals surface area contributed by atoms with Gasteiger partial charge in [-0.25, -0.2) is 0 Å². The summed E-state index contributed by atoms with van der Waals surface area (Å²) < 4.78 is 0. The van der Waals surface area contributed by atoms with E-state index in [-0.39, 0.29) is 5.91 Å². The smallest absolute Gasteiger partial charge is 0.251 e. The first kappa shape index (κ1) is 14.1. The van der Waals surface area contributed by atoms with Crippen LogP contribution in [0, 0.1) is 0 Å². The lowest BCUT2D eigenvalue weighted by atomic mass is 9.98. The van der Waals surface area contributed by atoms with Crippen LogP contribution in [0.15, 0.2) is 18.2 Å². The third kappa shape index (κ3) is 4.06. The quantitative estimate of drug-likeness (QED) is 0.772. The average molecular weight is 260 g/mol. The number of amides is 1. The van der Waals surface area contributed by atoms with Gasteiger partial charge in [-0.3, -0.25) is 4.79 Å². The first-order valence-electron chi connectivity index (χ1n) is 7.42. The standard InChI is InChI=1S/C16H24N2O/c1-2-3-4-5-9-18-16(19)14-7-6-13-8-10-17-12-15(13)11-14/h6-7,11,17H,2-5,8-10,12H2,1H3,(H,18,19). The second kappa shape index (κ2) is 7.29. The lowest BCUT2D eigenvalue weighted by molar-refractivity contribution is 0.0953. The summed E-state index contributed by atoms with van der Waals surface area (Å²) in [5, 5.41) is 6.35. The topological polar surface area (TPSA) is 41.1 Å². The van der Waals surface area contributed by atoms with Crippen molar-refractivity contribution in [1.82, 2.24) is 10.6 Å². The number of hydrogen-bond donors (Lipinski definition) is 2. The Balaban J connectivity index is 1.85. The van der Waals surface area contributed by atoms with E-state index >= 15 is 0 Å². The van der Waals surface area contributed by atoms with Crippen LogP contribution in [-0.4, -0.2) is 19.0 Å². The molecule has 0 aliphatic carbocycles. The minimum absolute atomic E-state index is 0.0601. The fraction of sp³-hybridized carbons (Fsp3) is 0.562. The average Bonchev–Trinajstić information content (AvgIpc) is 2.46. The monoisotopic (exact) mass is 260 g/mol. The highest BCUT2D eigenvalue weighted by atomic mass is 16.1. The molecule has 0 unspecified atom stereocenters. The molecule has 0 bridgehead atoms. The maximum atomic E-state index is 12.0. The van der Waals surface area contributed by atoms with Gasteiger partial charge in [0, 0.05) is 18.7 Å². The van der Waals surface area contributed by atoms with E-state index in [0.717, 1.165) is 38.0 Å². The number of carbonyl (C=O) groups is 1. The second-order valence-corrected chi connectivity index (χ2v) is 5.23. The summed E-state index contributed by atoms with van der Waals surface area (Å²) in [6.07, 6.45) is 5.82. The third-order valence-electron chi connectivity index (χ3n) is 3.67. The van der Waals surface area contributed by atoms with Crippen LogP contribution in [0.4, 0.5) is 0 Å². The number of nitrogens with one attached hydrogen (secondary N) is 2. The van der Waals surface area contributed by atoms with Crippen molar-refractivity contribution in [1.29, 1.82) is 0 Å². The van der Waals surface area contributed by atoms with Crippen LogP contribution in [0.5, 0.6) is 0 Å². The van der Waals surface area contributed by atoms with Gasteiger partial charge in [0.05, 0.1) is 0 Å². The number of carbonyl (C=O) groups excluding carboxylic acids is 1. The van der Waals surface area contributed by atoms with Crippen LogP contribution in [0.1, 0.15) is 54.1 Å². The molecule has 3 nitrogen and oxygen atoms in total. The predicted octanol–water partition coefficient (Wildman–Crippen LogP) is 2.64. The lowest BCUT2D eigenvalue weighted by Gasteiger charge is -2.17. The molecule has 104 valence electrons. The number of hydrogen-bond acceptors (Lipinski definition) is 2. The van der Waals surface area contributed by atoms with Crippen LogP contribution < -0.4 is 10.6 Å². The van der Waals surface area contributed by atoms with Crippen molar-refractivity contribution in [3.63, 3.8) is 0 Å². The Bertz CT molecular complexity index is 429. The van der Waals surface area contributed by atoms with Gasteiger partial charge in [-0.2, -0.15) is 0 Å². The van der Waals surface area contributed by atoms with Crippen molar-refractivity contribution in [3.05, 3.63) is 34.9 Å². The maximum Gasteiger partial charge on any atom is 0.251 e. The molecule has 0 fully saturated rings. The van der Waals surface area contributed by atoms with Gasteiger partial charge in [-0.1, -0.05) is 32.3 Å². The Hall–Kier alpha value is -1.35. The Labute approximate surface area is 115 Å². The van der Waals surface area contributed by atoms with Gasteiger partial charge in [0.25, 0.3) is 5.91 Å². The van der Waals surface area contributed by atoms with E-state index in [2.05, 4.69) is 23.6 Å². The van der Waals surface area contributed by atoms with Crippen molar-refractivity contribution in [2.24, 2.45) is 0 Å². The van der Waals surface area contributed by atoms with Crippen molar-refractivity contribution in [2.45, 2.75) is 45.6 Å². The summed E-state index contributed by atoms with van der Waals surface area (Å²) in [7, 11) is 0. The number of unbranched alkanes of at least 4 members (excludes halogenated alkanes) is 3. The zero-order chi connectivity index (χ0) is 13.5. The molecule has 19 heavy (non-hydrogen) atoms. The molecule has 2 N–H and O–H groups in total. The summed E-state index contributed by atoms with van der Waals surface area (Å²) in [5.41, 5.74) is 3.43. The molecule has 0 aromatic heterocycles. The Morgan fingerprint density at radius 2 is 2.16 bits per heavy atom. The summed E-state index contributed by atoms with van der Waals surface area (Å²) in [6.45, 7) is 4.90. The zero-order valence-corrected chi connectivity index (χ0v) is 11.8. The molecule has 0 saturated heterocycles. The highest BCUT2D eigenvalue weighted by Gasteiger charge is 2.11. The van der Waals surface area contributed by atoms with Crippen molar-refractivity contribution >= 4 is 5.91 Å². The summed E-state index contributed by atoms with van der Waals surface area (Å²) in [6, 6.07) is 6.08. The maximum absolute atomic E-state index is 12.0. The number of rotatable bonds is 6. The summed E-state index contributed by atoms with van der Waals surface area (Å²) in [5.74, 6) is 0.0601. The van der Waals surface area contributed by atoms with Gasteiger partial charge < -0.3 is 10.6 Å². The normalized spacial score (nSPS) is 13.9. The Morgan fingerprint density at radius 3 is 3.00 bits per heavy atom. The molecule has 0 spiro atoms. The Morgan fingerprint density at radius 1 is 1.26 bits per heavy atom. The van der Waals surface area contributed by atoms with Gasteiger partial charge in [0.1, 0.15) is 0 Å². The highest BCUT2D eigenvalue weighted by molar-refractivity contribution is 5.94. The first-order chi connectivity index (χ1) is 9.31. The molecule has 0 saturated carbocycles. The third-order valence-corrected chi connectivity index (χ3v) is 3.67. The lowest BCUT2D eigenvalue weighted by Crippen LogP contribution is -2.27. The highest BCUT2D eigenvalue weighted by Crippen LogP contribution is 2.15. The molecule has 1 heterocycles. The minimum Gasteiger partial charge on any atom is -0.352 e. The molecular weight excluding hydrogens is 236 g/mol. The molecule has 1 aliphatic heterocycles. The molecule has 1 aliphatic rings. The van der Waals surface area contributed by atoms with Gasteiger partial charge in [0.15, 0.2) is 0 Å². The van der Waals surface area contributed by atoms with Gasteiger partial charge in [-0.05, 0) is 42.6 Å². The van der Waals surface area contributed by atoms with Gasteiger partial charge in [0.2, 0.25) is 0 Å². The molecule has 3 heteroatoms. The first-order valence-corrected chi connectivity index (χ1v) is 7.42. The van der Waals surface area contributed by atoms with Crippen LogP contribution in [0.2, 0.25) is 0 Å². The van der Waals surface area contributed by atoms with E-state index in [0.29, 0.717) is 0 Å². The van der Waals surface area contributed by atoms with Crippen LogP contribution >= 0.6 is 0 Å². The van der Waals surface area contributed by atoms with Gasteiger partial charge >= 0.3 is 0 Å². The van der Waals surface area contributed by atoms with Crippen LogP contribution in [-0.2, 0) is 13.0 Å². The predicted molar refractivity (Wildman–Crippen MR) is 78.3 cm³/mol. The molecule has 2 rings (SSSR count). The fourth-order valence-corrected chi connectivity index (χ4v) is 2.48. The van der Waals surface area contributed by atoms with E-state index in [4.69, 9.17) is 0 Å². The molecule has 1 amide bonds. The molecule has 1 aromatic carbocycles. The number of benzene rings is 1. The fourth-order valence-electron chi connectivity index (χ4n) is 2.48. The summed E-state index contributed by atoms with van der Waals surface area (Å²) in [4.78, 5) is 12.0. The van der Waals surface area contributed by atoms with Crippen molar-refractivity contribution < 1.29 is 4.79 Å². The van der Waals surface area contributed by atoms with Crippen LogP contribution in [0.3, 0.4) is 0 Å². The SMILES string of the molecule is CCCCCCNC(=O)c1ccc2c(c1)CNCC2. The van der Waals surface area contributed by atoms with E-state index in [1.807, 2.05) is 12.1 Å². The van der Waals surface area contributed by atoms with E-state index < -0.39 is 0 Å². The minimum atomic E-state index is 0.0601. The molecule has 1 aromatic rings. The molecule has 0 atom stereocenters. The number of fused-ring (bicyclic) bond motifs is 1. The largest absolute Gasteiger partial charge is 0.352 e. The molecular formula is C16H24N2O. The van der Waals surface area contributed by atoms with Crippen molar-refractivity contribution in [3.8, 4) is 0 Å². The zero-order valence-electron chi connectivity index (χ0n) is 11.8. The summed E-state index contributed by atoms with van der Waals surface area (Å²) >= 11 is 0. The van der Waals surface area contributed by atoms with Gasteiger partial charge in [-0.15, -0.1) is 0 Å². The second-order valence-electron chi connectivity index (χ2n) is 5.23. The van der Waals surface area contributed by atoms with E-state index in [9.17, 15) is 4.79 Å². The van der Waals surface area contributed by atoms with Crippen LogP contribution in [0.25, 0.3) is 0 Å².